The maximum absolute atomic E-state index is 5.82. The van der Waals surface area contributed by atoms with Gasteiger partial charge in [-0.25, -0.2) is 4.98 Å². The van der Waals surface area contributed by atoms with E-state index < -0.39 is 0 Å². The normalized spacial score (nSPS) is 17.4. The molecule has 3 aromatic heterocycles. The van der Waals surface area contributed by atoms with Gasteiger partial charge in [0.15, 0.2) is 11.5 Å². The van der Waals surface area contributed by atoms with Crippen LogP contribution in [0.4, 0.5) is 0 Å². The summed E-state index contributed by atoms with van der Waals surface area (Å²) in [4.78, 5) is 7.66. The summed E-state index contributed by atoms with van der Waals surface area (Å²) in [6, 6.07) is 12.2. The van der Waals surface area contributed by atoms with Crippen LogP contribution in [0.3, 0.4) is 0 Å². The fraction of sp³-hybridized carbons (Fsp3) is 0.292. The maximum atomic E-state index is 5.82. The first-order valence-corrected chi connectivity index (χ1v) is 11.0. The number of furan rings is 1. The van der Waals surface area contributed by atoms with E-state index in [2.05, 4.69) is 19.1 Å². The molecule has 1 atom stereocenters. The van der Waals surface area contributed by atoms with Crippen molar-refractivity contribution in [1.82, 2.24) is 4.98 Å². The second-order valence-corrected chi connectivity index (χ2v) is 9.01. The highest BCUT2D eigenvalue weighted by molar-refractivity contribution is 7.19. The van der Waals surface area contributed by atoms with E-state index in [1.54, 1.807) is 6.26 Å². The number of halogens is 1. The lowest BCUT2D eigenvalue weighted by molar-refractivity contribution is -0.00000676. The van der Waals surface area contributed by atoms with Crippen molar-refractivity contribution in [3.05, 3.63) is 53.1 Å². The highest BCUT2D eigenvalue weighted by atomic mass is 35.5. The Labute approximate surface area is 185 Å². The summed E-state index contributed by atoms with van der Waals surface area (Å²) in [6.07, 6.45) is 5.25. The lowest BCUT2D eigenvalue weighted by atomic mass is 9.88. The Morgan fingerprint density at radius 3 is 2.77 bits per heavy atom. The van der Waals surface area contributed by atoms with E-state index in [0.717, 1.165) is 57.7 Å². The number of pyridine rings is 1. The second kappa shape index (κ2) is 7.64. The molecule has 0 fully saturated rings. The Balaban J connectivity index is 0.00000193. The molecule has 4 heterocycles. The Morgan fingerprint density at radius 2 is 1.93 bits per heavy atom. The average Bonchev–Trinajstić information content (AvgIpc) is 3.40. The first-order valence-electron chi connectivity index (χ1n) is 10.2. The smallest absolute Gasteiger partial charge is 0.162 e. The number of fused-ring (bicyclic) bond motifs is 4. The highest BCUT2D eigenvalue weighted by Crippen LogP contribution is 2.44. The molecular formula is C24H21ClNO3S-. The molecule has 4 aromatic rings. The first-order chi connectivity index (χ1) is 14.3. The molecule has 4 nitrogen and oxygen atoms in total. The number of benzene rings is 1. The summed E-state index contributed by atoms with van der Waals surface area (Å²) in [5, 5.41) is 1.27. The molecule has 0 amide bonds. The minimum absolute atomic E-state index is 0. The fourth-order valence-corrected chi connectivity index (χ4v) is 5.83. The first kappa shape index (κ1) is 19.5. The Morgan fingerprint density at radius 1 is 1.07 bits per heavy atom. The van der Waals surface area contributed by atoms with Crippen LogP contribution >= 0.6 is 11.3 Å². The van der Waals surface area contributed by atoms with Gasteiger partial charge in [-0.05, 0) is 67.1 Å². The number of aryl methyl sites for hydroxylation is 1. The molecule has 0 spiro atoms. The standard InChI is InChI=1S/C24H21NO3S.ClH/c1-14-4-6-16-22(11-14)29-24-23(16)17(19-3-2-8-26-19)13-18(25-24)15-5-7-20-21(12-15)28-10-9-27-20;/h2-3,5,7-8,12-14H,4,6,9-11H2,1H3;1H/p-1. The van der Waals surface area contributed by atoms with E-state index in [1.807, 2.05) is 35.6 Å². The van der Waals surface area contributed by atoms with Gasteiger partial charge >= 0.3 is 0 Å². The average molecular weight is 439 g/mol. The van der Waals surface area contributed by atoms with Crippen molar-refractivity contribution >= 4 is 21.6 Å². The van der Waals surface area contributed by atoms with Crippen LogP contribution in [0.5, 0.6) is 11.5 Å². The van der Waals surface area contributed by atoms with Gasteiger partial charge in [0.1, 0.15) is 23.8 Å². The van der Waals surface area contributed by atoms with Gasteiger partial charge in [-0.3, -0.25) is 0 Å². The van der Waals surface area contributed by atoms with E-state index >= 15 is 0 Å². The van der Waals surface area contributed by atoms with Crippen LogP contribution < -0.4 is 21.9 Å². The number of hydrogen-bond acceptors (Lipinski definition) is 5. The van der Waals surface area contributed by atoms with Gasteiger partial charge < -0.3 is 26.3 Å². The van der Waals surface area contributed by atoms with Gasteiger partial charge in [-0.2, -0.15) is 0 Å². The zero-order valence-corrected chi connectivity index (χ0v) is 18.2. The lowest BCUT2D eigenvalue weighted by Gasteiger charge is -2.19. The molecule has 154 valence electrons. The van der Waals surface area contributed by atoms with Crippen LogP contribution in [0, 0.1) is 5.92 Å². The van der Waals surface area contributed by atoms with Crippen molar-refractivity contribution in [1.29, 1.82) is 0 Å². The van der Waals surface area contributed by atoms with Crippen LogP contribution in [0.1, 0.15) is 23.8 Å². The third-order valence-corrected chi connectivity index (χ3v) is 7.04. The molecule has 0 bridgehead atoms. The molecule has 0 N–H and O–H groups in total. The molecule has 1 aliphatic carbocycles. The largest absolute Gasteiger partial charge is 1.00 e. The number of aromatic nitrogens is 1. The van der Waals surface area contributed by atoms with Gasteiger partial charge in [0, 0.05) is 21.4 Å². The van der Waals surface area contributed by atoms with Crippen molar-refractivity contribution in [2.75, 3.05) is 13.2 Å². The fourth-order valence-electron chi connectivity index (χ4n) is 4.42. The predicted molar refractivity (Wildman–Crippen MR) is 115 cm³/mol. The van der Waals surface area contributed by atoms with Gasteiger partial charge in [-0.15, -0.1) is 11.3 Å². The van der Waals surface area contributed by atoms with Gasteiger partial charge in [0.25, 0.3) is 0 Å². The van der Waals surface area contributed by atoms with Gasteiger partial charge in [-0.1, -0.05) is 6.92 Å². The van der Waals surface area contributed by atoms with Crippen molar-refractivity contribution in [3.63, 3.8) is 0 Å². The second-order valence-electron chi connectivity index (χ2n) is 7.92. The molecule has 1 aromatic carbocycles. The summed E-state index contributed by atoms with van der Waals surface area (Å²) in [6.45, 7) is 3.52. The summed E-state index contributed by atoms with van der Waals surface area (Å²) >= 11 is 1.84. The van der Waals surface area contributed by atoms with Crippen molar-refractivity contribution < 1.29 is 26.3 Å². The number of ether oxygens (including phenoxy) is 2. The molecule has 0 saturated carbocycles. The molecule has 0 saturated heterocycles. The topological polar surface area (TPSA) is 44.5 Å². The summed E-state index contributed by atoms with van der Waals surface area (Å²) in [5.74, 6) is 3.22. The quantitative estimate of drug-likeness (QED) is 0.482. The van der Waals surface area contributed by atoms with E-state index in [9.17, 15) is 0 Å². The Kier molecular flexibility index (Phi) is 4.95. The lowest BCUT2D eigenvalue weighted by Crippen LogP contribution is -3.00. The number of nitrogens with zero attached hydrogens (tertiary/aromatic N) is 1. The molecule has 2 aliphatic rings. The zero-order valence-electron chi connectivity index (χ0n) is 16.6. The molecule has 6 heteroatoms. The molecular weight excluding hydrogens is 418 g/mol. The van der Waals surface area contributed by atoms with E-state index in [0.29, 0.717) is 13.2 Å². The minimum atomic E-state index is 0. The Bertz CT molecular complexity index is 1220. The number of thiophene rings is 1. The van der Waals surface area contributed by atoms with Crippen LogP contribution in [0.15, 0.2) is 47.1 Å². The molecule has 30 heavy (non-hydrogen) atoms. The monoisotopic (exact) mass is 438 g/mol. The molecule has 0 radical (unpaired) electrons. The SMILES string of the molecule is CC1CCc2c(sc3nc(-c4ccc5c(c4)OCCO5)cc(-c4ccco4)c23)C1.[Cl-]. The molecule has 6 rings (SSSR count). The predicted octanol–water partition coefficient (Wildman–Crippen LogP) is 3.12. The molecule has 1 unspecified atom stereocenters. The van der Waals surface area contributed by atoms with Crippen LogP contribution in [-0.2, 0) is 12.8 Å². The van der Waals surface area contributed by atoms with Crippen LogP contribution in [-0.4, -0.2) is 18.2 Å². The third kappa shape index (κ3) is 3.17. The van der Waals surface area contributed by atoms with Crippen molar-refractivity contribution in [3.8, 4) is 34.1 Å². The third-order valence-electron chi connectivity index (χ3n) is 5.89. The van der Waals surface area contributed by atoms with Crippen LogP contribution in [0.2, 0.25) is 0 Å². The molecule has 1 aliphatic heterocycles. The summed E-state index contributed by atoms with van der Waals surface area (Å²) < 4.78 is 17.3. The van der Waals surface area contributed by atoms with Crippen molar-refractivity contribution in [2.24, 2.45) is 5.92 Å². The summed E-state index contributed by atoms with van der Waals surface area (Å²) in [7, 11) is 0. The zero-order chi connectivity index (χ0) is 19.4. The number of hydrogen-bond donors (Lipinski definition) is 0. The van der Waals surface area contributed by atoms with Gasteiger partial charge in [0.2, 0.25) is 0 Å². The van der Waals surface area contributed by atoms with Crippen LogP contribution in [0.25, 0.3) is 32.8 Å². The van der Waals surface area contributed by atoms with E-state index in [1.165, 1.54) is 22.2 Å². The van der Waals surface area contributed by atoms with Gasteiger partial charge in [0.05, 0.1) is 12.0 Å². The van der Waals surface area contributed by atoms with E-state index in [-0.39, 0.29) is 12.4 Å². The maximum Gasteiger partial charge on any atom is 0.162 e. The highest BCUT2D eigenvalue weighted by Gasteiger charge is 2.25. The Hall–Kier alpha value is -2.50. The number of rotatable bonds is 2. The summed E-state index contributed by atoms with van der Waals surface area (Å²) in [5.41, 5.74) is 4.57. The minimum Gasteiger partial charge on any atom is -1.00 e. The van der Waals surface area contributed by atoms with E-state index in [4.69, 9.17) is 18.9 Å². The van der Waals surface area contributed by atoms with Crippen molar-refractivity contribution in [2.45, 2.75) is 26.2 Å².